The van der Waals surface area contributed by atoms with Crippen LogP contribution in [0, 0.1) is 11.8 Å². The van der Waals surface area contributed by atoms with Crippen LogP contribution in [0.2, 0.25) is 0 Å². The summed E-state index contributed by atoms with van der Waals surface area (Å²) in [6.07, 6.45) is 3.41. The normalized spacial score (nSPS) is 38.3. The molecular formula is C14H26N2O2. The summed E-state index contributed by atoms with van der Waals surface area (Å²) in [4.78, 5) is 14.4. The lowest BCUT2D eigenvalue weighted by molar-refractivity contribution is -0.136. The molecule has 0 aromatic heterocycles. The molecule has 4 nitrogen and oxygen atoms in total. The Morgan fingerprint density at radius 3 is 2.83 bits per heavy atom. The fourth-order valence-corrected chi connectivity index (χ4v) is 3.09. The van der Waals surface area contributed by atoms with Crippen molar-refractivity contribution in [1.29, 1.82) is 0 Å². The number of piperidine rings is 1. The molecule has 104 valence electrons. The predicted molar refractivity (Wildman–Crippen MR) is 71.2 cm³/mol. The Balaban J connectivity index is 1.92. The van der Waals surface area contributed by atoms with Crippen molar-refractivity contribution in [1.82, 2.24) is 10.2 Å². The highest BCUT2D eigenvalue weighted by molar-refractivity contribution is 5.79. The third-order valence-electron chi connectivity index (χ3n) is 4.30. The van der Waals surface area contributed by atoms with Gasteiger partial charge in [0.15, 0.2) is 0 Å². The van der Waals surface area contributed by atoms with Gasteiger partial charge < -0.3 is 15.3 Å². The molecule has 0 saturated carbocycles. The average Bonchev–Trinajstić information content (AvgIpc) is 2.49. The maximum atomic E-state index is 12.5. The van der Waals surface area contributed by atoms with Crippen molar-refractivity contribution in [2.45, 2.75) is 45.1 Å². The summed E-state index contributed by atoms with van der Waals surface area (Å²) >= 11 is 0. The van der Waals surface area contributed by atoms with Crippen molar-refractivity contribution in [2.75, 3.05) is 26.2 Å². The van der Waals surface area contributed by atoms with Crippen LogP contribution in [0.4, 0.5) is 0 Å². The Bertz CT molecular complexity index is 304. The lowest BCUT2D eigenvalue weighted by atomic mass is 9.90. The van der Waals surface area contributed by atoms with Crippen LogP contribution in [0.15, 0.2) is 0 Å². The van der Waals surface area contributed by atoms with Gasteiger partial charge in [-0.05, 0) is 45.1 Å². The van der Waals surface area contributed by atoms with Crippen LogP contribution < -0.4 is 5.32 Å². The van der Waals surface area contributed by atoms with E-state index in [1.54, 1.807) is 0 Å². The molecule has 2 aliphatic heterocycles. The Hall–Kier alpha value is -0.610. The molecule has 2 N–H and O–H groups in total. The van der Waals surface area contributed by atoms with Crippen LogP contribution >= 0.6 is 0 Å². The van der Waals surface area contributed by atoms with Gasteiger partial charge in [-0.2, -0.15) is 0 Å². The minimum atomic E-state index is -0.590. The largest absolute Gasteiger partial charge is 0.390 e. The number of nitrogens with zero attached hydrogens (tertiary/aromatic N) is 1. The highest BCUT2D eigenvalue weighted by Gasteiger charge is 2.32. The van der Waals surface area contributed by atoms with Crippen molar-refractivity contribution in [2.24, 2.45) is 11.8 Å². The third-order valence-corrected chi connectivity index (χ3v) is 4.30. The molecule has 0 aliphatic carbocycles. The van der Waals surface area contributed by atoms with Crippen molar-refractivity contribution in [3.8, 4) is 0 Å². The molecule has 2 rings (SSSR count). The zero-order chi connectivity index (χ0) is 13.2. The van der Waals surface area contributed by atoms with E-state index < -0.39 is 5.60 Å². The smallest absolute Gasteiger partial charge is 0.226 e. The van der Waals surface area contributed by atoms with E-state index >= 15 is 0 Å². The Morgan fingerprint density at radius 2 is 2.11 bits per heavy atom. The van der Waals surface area contributed by atoms with E-state index in [-0.39, 0.29) is 11.8 Å². The van der Waals surface area contributed by atoms with Gasteiger partial charge >= 0.3 is 0 Å². The summed E-state index contributed by atoms with van der Waals surface area (Å²) in [5.74, 6) is 1.01. The first-order chi connectivity index (χ1) is 8.48. The molecule has 2 aliphatic rings. The number of aliphatic hydroxyl groups is 1. The molecule has 0 spiro atoms. The molecule has 0 aromatic rings. The Labute approximate surface area is 110 Å². The van der Waals surface area contributed by atoms with Crippen LogP contribution in [0.25, 0.3) is 0 Å². The molecular weight excluding hydrogens is 228 g/mol. The van der Waals surface area contributed by atoms with E-state index in [1.165, 1.54) is 0 Å². The second-order valence-corrected chi connectivity index (χ2v) is 6.37. The number of carbonyl (C=O) groups is 1. The standard InChI is InChI=1S/C14H26N2O2/c1-11-8-12(10-15-9-11)13(17)16-6-3-4-14(2,18)5-7-16/h11-12,15,18H,3-10H2,1-2H3. The predicted octanol–water partition coefficient (Wildman–Crippen LogP) is 0.995. The number of carbonyl (C=O) groups excluding carboxylic acids is 1. The number of hydrogen-bond acceptors (Lipinski definition) is 3. The van der Waals surface area contributed by atoms with Crippen LogP contribution in [0.3, 0.4) is 0 Å². The summed E-state index contributed by atoms with van der Waals surface area (Å²) < 4.78 is 0. The second-order valence-electron chi connectivity index (χ2n) is 6.37. The molecule has 18 heavy (non-hydrogen) atoms. The SMILES string of the molecule is CC1CNCC(C(=O)N2CCCC(C)(O)CC2)C1. The molecule has 2 fully saturated rings. The minimum Gasteiger partial charge on any atom is -0.390 e. The fraction of sp³-hybridized carbons (Fsp3) is 0.929. The van der Waals surface area contributed by atoms with Gasteiger partial charge in [0.1, 0.15) is 0 Å². The fourth-order valence-electron chi connectivity index (χ4n) is 3.09. The van der Waals surface area contributed by atoms with E-state index in [0.717, 1.165) is 38.9 Å². The molecule has 1 amide bonds. The van der Waals surface area contributed by atoms with Crippen molar-refractivity contribution >= 4 is 5.91 Å². The maximum absolute atomic E-state index is 12.5. The number of likely N-dealkylation sites (tertiary alicyclic amines) is 1. The summed E-state index contributed by atoms with van der Waals surface area (Å²) in [7, 11) is 0. The van der Waals surface area contributed by atoms with Crippen molar-refractivity contribution in [3.05, 3.63) is 0 Å². The number of amides is 1. The maximum Gasteiger partial charge on any atom is 0.226 e. The minimum absolute atomic E-state index is 0.136. The van der Waals surface area contributed by atoms with Gasteiger partial charge in [-0.15, -0.1) is 0 Å². The van der Waals surface area contributed by atoms with Gasteiger partial charge in [-0.25, -0.2) is 0 Å². The van der Waals surface area contributed by atoms with E-state index in [9.17, 15) is 9.90 Å². The average molecular weight is 254 g/mol. The van der Waals surface area contributed by atoms with Gasteiger partial charge in [-0.1, -0.05) is 6.92 Å². The van der Waals surface area contributed by atoms with Crippen LogP contribution in [0.1, 0.15) is 39.5 Å². The summed E-state index contributed by atoms with van der Waals surface area (Å²) in [5, 5.41) is 13.4. The lowest BCUT2D eigenvalue weighted by Gasteiger charge is -2.31. The second kappa shape index (κ2) is 5.57. The van der Waals surface area contributed by atoms with Gasteiger partial charge in [0.2, 0.25) is 5.91 Å². The third kappa shape index (κ3) is 3.45. The highest BCUT2D eigenvalue weighted by atomic mass is 16.3. The van der Waals surface area contributed by atoms with Crippen molar-refractivity contribution < 1.29 is 9.90 Å². The van der Waals surface area contributed by atoms with E-state index in [1.807, 2.05) is 11.8 Å². The first-order valence-electron chi connectivity index (χ1n) is 7.20. The van der Waals surface area contributed by atoms with Crippen LogP contribution in [0.5, 0.6) is 0 Å². The Morgan fingerprint density at radius 1 is 1.33 bits per heavy atom. The molecule has 0 radical (unpaired) electrons. The first kappa shape index (κ1) is 13.8. The zero-order valence-corrected chi connectivity index (χ0v) is 11.6. The molecule has 3 atom stereocenters. The zero-order valence-electron chi connectivity index (χ0n) is 11.6. The van der Waals surface area contributed by atoms with Crippen LogP contribution in [-0.2, 0) is 4.79 Å². The number of nitrogens with one attached hydrogen (secondary N) is 1. The number of rotatable bonds is 1. The summed E-state index contributed by atoms with van der Waals surface area (Å²) in [5.41, 5.74) is -0.590. The van der Waals surface area contributed by atoms with E-state index in [2.05, 4.69) is 12.2 Å². The molecule has 2 saturated heterocycles. The van der Waals surface area contributed by atoms with E-state index in [0.29, 0.717) is 18.9 Å². The molecule has 0 aromatic carbocycles. The molecule has 2 heterocycles. The monoisotopic (exact) mass is 254 g/mol. The molecule has 0 bridgehead atoms. The van der Waals surface area contributed by atoms with E-state index in [4.69, 9.17) is 0 Å². The van der Waals surface area contributed by atoms with Gasteiger partial charge in [0, 0.05) is 19.6 Å². The Kier molecular flexibility index (Phi) is 4.28. The lowest BCUT2D eigenvalue weighted by Crippen LogP contribution is -2.45. The topological polar surface area (TPSA) is 52.6 Å². The summed E-state index contributed by atoms with van der Waals surface area (Å²) in [6.45, 7) is 7.43. The van der Waals surface area contributed by atoms with Gasteiger partial charge in [0.25, 0.3) is 0 Å². The van der Waals surface area contributed by atoms with Crippen molar-refractivity contribution in [3.63, 3.8) is 0 Å². The van der Waals surface area contributed by atoms with Gasteiger partial charge in [0.05, 0.1) is 11.5 Å². The number of hydrogen-bond donors (Lipinski definition) is 2. The first-order valence-corrected chi connectivity index (χ1v) is 7.20. The van der Waals surface area contributed by atoms with Gasteiger partial charge in [-0.3, -0.25) is 4.79 Å². The highest BCUT2D eigenvalue weighted by Crippen LogP contribution is 2.24. The quantitative estimate of drug-likeness (QED) is 0.734. The molecule has 4 heteroatoms. The van der Waals surface area contributed by atoms with Crippen LogP contribution in [-0.4, -0.2) is 47.7 Å². The molecule has 3 unspecified atom stereocenters. The summed E-state index contributed by atoms with van der Waals surface area (Å²) in [6, 6.07) is 0.